The lowest BCUT2D eigenvalue weighted by Crippen LogP contribution is -2.11. The molecule has 1 heterocycles. The van der Waals surface area contributed by atoms with Crippen molar-refractivity contribution < 1.29 is 4.74 Å². The lowest BCUT2D eigenvalue weighted by atomic mass is 10.1. The van der Waals surface area contributed by atoms with Crippen LogP contribution in [0.25, 0.3) is 11.3 Å². The molecule has 0 unspecified atom stereocenters. The highest BCUT2D eigenvalue weighted by Crippen LogP contribution is 2.21. The summed E-state index contributed by atoms with van der Waals surface area (Å²) >= 11 is 0. The molecule has 26 heavy (non-hydrogen) atoms. The van der Waals surface area contributed by atoms with Crippen LogP contribution in [0.1, 0.15) is 11.1 Å². The lowest BCUT2D eigenvalue weighted by Gasteiger charge is -2.12. The van der Waals surface area contributed by atoms with E-state index in [2.05, 4.69) is 39.7 Å². The number of rotatable bonds is 8. The van der Waals surface area contributed by atoms with Crippen LogP contribution in [0.2, 0.25) is 0 Å². The van der Waals surface area contributed by atoms with Crippen LogP contribution in [0.5, 0.6) is 0 Å². The molecule has 0 amide bonds. The number of nitrogens with zero attached hydrogens (tertiary/aromatic N) is 2. The molecule has 2 aromatic carbocycles. The number of nitrogens with one attached hydrogen (secondary N) is 2. The highest BCUT2D eigenvalue weighted by Gasteiger charge is 2.07. The molecule has 3 aromatic rings. The molecule has 5 nitrogen and oxygen atoms in total. The van der Waals surface area contributed by atoms with E-state index in [9.17, 15) is 0 Å². The molecule has 0 fully saturated rings. The smallest absolute Gasteiger partial charge is 0.225 e. The predicted octanol–water partition coefficient (Wildman–Crippen LogP) is 4.12. The number of benzene rings is 2. The average molecular weight is 348 g/mol. The summed E-state index contributed by atoms with van der Waals surface area (Å²) in [4.78, 5) is 9.27. The topological polar surface area (TPSA) is 59.1 Å². The van der Waals surface area contributed by atoms with E-state index in [1.807, 2.05) is 48.5 Å². The van der Waals surface area contributed by atoms with Gasteiger partial charge in [0.2, 0.25) is 5.95 Å². The zero-order valence-corrected chi connectivity index (χ0v) is 15.2. The van der Waals surface area contributed by atoms with Gasteiger partial charge in [0.25, 0.3) is 0 Å². The molecule has 0 atom stereocenters. The first-order valence-electron chi connectivity index (χ1n) is 8.72. The molecule has 134 valence electrons. The molecular formula is C21H24N4O. The van der Waals surface area contributed by atoms with Crippen LogP contribution in [-0.4, -0.2) is 30.2 Å². The van der Waals surface area contributed by atoms with Crippen molar-refractivity contribution in [3.8, 4) is 11.3 Å². The van der Waals surface area contributed by atoms with Crippen molar-refractivity contribution in [2.24, 2.45) is 0 Å². The zero-order valence-electron chi connectivity index (χ0n) is 15.2. The van der Waals surface area contributed by atoms with Crippen molar-refractivity contribution in [2.45, 2.75) is 13.5 Å². The Hall–Kier alpha value is -2.92. The van der Waals surface area contributed by atoms with Crippen molar-refractivity contribution in [3.05, 3.63) is 71.8 Å². The van der Waals surface area contributed by atoms with Gasteiger partial charge in [-0.15, -0.1) is 0 Å². The van der Waals surface area contributed by atoms with Crippen LogP contribution in [0.4, 0.5) is 11.8 Å². The van der Waals surface area contributed by atoms with Gasteiger partial charge in [-0.3, -0.25) is 0 Å². The summed E-state index contributed by atoms with van der Waals surface area (Å²) in [6, 6.07) is 20.4. The first kappa shape index (κ1) is 17.9. The van der Waals surface area contributed by atoms with E-state index in [0.29, 0.717) is 25.6 Å². The molecule has 0 saturated carbocycles. The number of ether oxygens (including phenoxy) is 1. The largest absolute Gasteiger partial charge is 0.383 e. The molecular weight excluding hydrogens is 324 g/mol. The van der Waals surface area contributed by atoms with Crippen LogP contribution in [0.15, 0.2) is 60.7 Å². The molecule has 2 N–H and O–H groups in total. The van der Waals surface area contributed by atoms with Crippen LogP contribution < -0.4 is 10.6 Å². The molecule has 0 radical (unpaired) electrons. The molecule has 3 rings (SSSR count). The summed E-state index contributed by atoms with van der Waals surface area (Å²) < 4.78 is 5.11. The van der Waals surface area contributed by atoms with Gasteiger partial charge in [0.15, 0.2) is 0 Å². The summed E-state index contributed by atoms with van der Waals surface area (Å²) in [5.74, 6) is 1.39. The minimum Gasteiger partial charge on any atom is -0.383 e. The van der Waals surface area contributed by atoms with E-state index >= 15 is 0 Å². The molecule has 0 aliphatic heterocycles. The van der Waals surface area contributed by atoms with Gasteiger partial charge in [-0.2, -0.15) is 4.98 Å². The fourth-order valence-electron chi connectivity index (χ4n) is 2.64. The van der Waals surface area contributed by atoms with E-state index < -0.39 is 0 Å². The van der Waals surface area contributed by atoms with E-state index in [0.717, 1.165) is 17.1 Å². The zero-order chi connectivity index (χ0) is 18.2. The van der Waals surface area contributed by atoms with Crippen molar-refractivity contribution in [1.82, 2.24) is 9.97 Å². The van der Waals surface area contributed by atoms with Gasteiger partial charge >= 0.3 is 0 Å². The Morgan fingerprint density at radius 1 is 0.923 bits per heavy atom. The fraction of sp³-hybridized carbons (Fsp3) is 0.238. The number of anilines is 2. The Kier molecular flexibility index (Phi) is 6.17. The maximum absolute atomic E-state index is 5.11. The van der Waals surface area contributed by atoms with Gasteiger partial charge in [-0.25, -0.2) is 4.98 Å². The molecule has 5 heteroatoms. The van der Waals surface area contributed by atoms with E-state index in [1.165, 1.54) is 11.1 Å². The maximum atomic E-state index is 5.11. The SMILES string of the molecule is COCCNc1cc(-c2ccccc2)nc(NCc2ccccc2C)n1. The number of methoxy groups -OCH3 is 1. The van der Waals surface area contributed by atoms with Crippen molar-refractivity contribution in [3.63, 3.8) is 0 Å². The Bertz CT molecular complexity index is 836. The van der Waals surface area contributed by atoms with Crippen molar-refractivity contribution in [2.75, 3.05) is 30.9 Å². The summed E-state index contributed by atoms with van der Waals surface area (Å²) in [6.45, 7) is 4.11. The average Bonchev–Trinajstić information content (AvgIpc) is 2.68. The lowest BCUT2D eigenvalue weighted by molar-refractivity contribution is 0.210. The highest BCUT2D eigenvalue weighted by molar-refractivity contribution is 5.64. The first-order chi connectivity index (χ1) is 12.8. The van der Waals surface area contributed by atoms with E-state index in [1.54, 1.807) is 7.11 Å². The third-order valence-electron chi connectivity index (χ3n) is 4.11. The molecule has 0 aliphatic rings. The van der Waals surface area contributed by atoms with Crippen molar-refractivity contribution >= 4 is 11.8 Å². The van der Waals surface area contributed by atoms with Crippen LogP contribution in [-0.2, 0) is 11.3 Å². The summed E-state index contributed by atoms with van der Waals surface area (Å²) in [5.41, 5.74) is 4.42. The molecule has 0 spiro atoms. The Morgan fingerprint density at radius 3 is 2.46 bits per heavy atom. The van der Waals surface area contributed by atoms with Gasteiger partial charge in [0.05, 0.1) is 12.3 Å². The van der Waals surface area contributed by atoms with Gasteiger partial charge in [0, 0.05) is 31.8 Å². The number of hydrogen-bond acceptors (Lipinski definition) is 5. The van der Waals surface area contributed by atoms with Gasteiger partial charge < -0.3 is 15.4 Å². The standard InChI is InChI=1S/C21H24N4O/c1-16-8-6-7-11-18(16)15-23-21-24-19(17-9-4-3-5-10-17)14-20(25-21)22-12-13-26-2/h3-11,14H,12-13,15H2,1-2H3,(H2,22,23,24,25). The first-order valence-corrected chi connectivity index (χ1v) is 8.72. The summed E-state index contributed by atoms with van der Waals surface area (Å²) in [7, 11) is 1.69. The Morgan fingerprint density at radius 2 is 1.69 bits per heavy atom. The summed E-state index contributed by atoms with van der Waals surface area (Å²) in [6.07, 6.45) is 0. The van der Waals surface area contributed by atoms with Gasteiger partial charge in [-0.05, 0) is 18.1 Å². The van der Waals surface area contributed by atoms with Crippen LogP contribution >= 0.6 is 0 Å². The number of aromatic nitrogens is 2. The quantitative estimate of drug-likeness (QED) is 0.600. The predicted molar refractivity (Wildman–Crippen MR) is 106 cm³/mol. The van der Waals surface area contributed by atoms with Gasteiger partial charge in [0.1, 0.15) is 5.82 Å². The molecule has 1 aromatic heterocycles. The normalized spacial score (nSPS) is 10.5. The monoisotopic (exact) mass is 348 g/mol. The molecule has 0 aliphatic carbocycles. The second-order valence-electron chi connectivity index (χ2n) is 6.03. The van der Waals surface area contributed by atoms with E-state index in [-0.39, 0.29) is 0 Å². The second kappa shape index (κ2) is 8.97. The summed E-state index contributed by atoms with van der Waals surface area (Å²) in [5, 5.41) is 6.64. The van der Waals surface area contributed by atoms with E-state index in [4.69, 9.17) is 4.74 Å². The minimum atomic E-state index is 0.606. The second-order valence-corrected chi connectivity index (χ2v) is 6.03. The maximum Gasteiger partial charge on any atom is 0.225 e. The van der Waals surface area contributed by atoms with Crippen LogP contribution in [0.3, 0.4) is 0 Å². The van der Waals surface area contributed by atoms with Crippen LogP contribution in [0, 0.1) is 6.92 Å². The number of hydrogen-bond donors (Lipinski definition) is 2. The molecule has 0 saturated heterocycles. The minimum absolute atomic E-state index is 0.606. The third-order valence-corrected chi connectivity index (χ3v) is 4.11. The highest BCUT2D eigenvalue weighted by atomic mass is 16.5. The van der Waals surface area contributed by atoms with Crippen molar-refractivity contribution in [1.29, 1.82) is 0 Å². The molecule has 0 bridgehead atoms. The van der Waals surface area contributed by atoms with Gasteiger partial charge in [-0.1, -0.05) is 54.6 Å². The number of aryl methyl sites for hydroxylation is 1. The fourth-order valence-corrected chi connectivity index (χ4v) is 2.64. The Balaban J connectivity index is 1.83. The third kappa shape index (κ3) is 4.80. The Labute approximate surface area is 154 Å².